The van der Waals surface area contributed by atoms with Gasteiger partial charge in [0.05, 0.1) is 12.2 Å². The molecule has 0 amide bonds. The highest BCUT2D eigenvalue weighted by Crippen LogP contribution is 2.30. The van der Waals surface area contributed by atoms with Crippen LogP contribution in [-0.4, -0.2) is 52.1 Å². The van der Waals surface area contributed by atoms with Gasteiger partial charge in [0.2, 0.25) is 11.7 Å². The van der Waals surface area contributed by atoms with E-state index in [1.165, 1.54) is 0 Å². The first-order valence-corrected chi connectivity index (χ1v) is 9.03. The smallest absolute Gasteiger partial charge is 0.230 e. The van der Waals surface area contributed by atoms with Crippen molar-refractivity contribution in [3.63, 3.8) is 0 Å². The van der Waals surface area contributed by atoms with Gasteiger partial charge < -0.3 is 19.3 Å². The van der Waals surface area contributed by atoms with Crippen molar-refractivity contribution < 1.29 is 14.4 Å². The van der Waals surface area contributed by atoms with E-state index in [0.717, 1.165) is 50.2 Å². The molecule has 2 aliphatic rings. The molecule has 2 aromatic rings. The summed E-state index contributed by atoms with van der Waals surface area (Å²) in [6.07, 6.45) is 5.36. The number of hydrogen-bond acceptors (Lipinski definition) is 7. The van der Waals surface area contributed by atoms with Crippen molar-refractivity contribution in [2.45, 2.75) is 50.7 Å². The van der Waals surface area contributed by atoms with Crippen molar-refractivity contribution in [1.29, 1.82) is 0 Å². The van der Waals surface area contributed by atoms with Crippen LogP contribution >= 0.6 is 0 Å². The number of hydrogen-bond donors (Lipinski definition) is 1. The molecule has 0 aliphatic carbocycles. The first-order chi connectivity index (χ1) is 12.2. The van der Waals surface area contributed by atoms with Crippen LogP contribution in [0.25, 0.3) is 11.4 Å². The van der Waals surface area contributed by atoms with Crippen LogP contribution in [0, 0.1) is 0 Å². The van der Waals surface area contributed by atoms with Gasteiger partial charge in [-0.05, 0) is 44.7 Å². The number of nitrogens with zero attached hydrogens (tertiary/aromatic N) is 4. The molecule has 1 N–H and O–H groups in total. The van der Waals surface area contributed by atoms with E-state index in [2.05, 4.69) is 26.9 Å². The van der Waals surface area contributed by atoms with Crippen LogP contribution < -0.4 is 4.90 Å². The van der Waals surface area contributed by atoms with Gasteiger partial charge in [0.15, 0.2) is 0 Å². The Labute approximate surface area is 147 Å². The molecule has 25 heavy (non-hydrogen) atoms. The van der Waals surface area contributed by atoms with Crippen LogP contribution in [0.1, 0.15) is 44.4 Å². The van der Waals surface area contributed by atoms with E-state index in [4.69, 9.17) is 9.26 Å². The van der Waals surface area contributed by atoms with E-state index in [1.54, 1.807) is 6.20 Å². The van der Waals surface area contributed by atoms with Gasteiger partial charge in [0.25, 0.3) is 0 Å². The molecule has 0 spiro atoms. The van der Waals surface area contributed by atoms with Crippen molar-refractivity contribution in [3.8, 4) is 11.4 Å². The number of β-amino-alcohol motifs (C(OH)–C–C–N with tert-alkyl or cyclic N) is 1. The predicted octanol–water partition coefficient (Wildman–Crippen LogP) is 2.38. The highest BCUT2D eigenvalue weighted by Gasteiger charge is 2.26. The van der Waals surface area contributed by atoms with Crippen LogP contribution in [0.4, 0.5) is 5.82 Å². The van der Waals surface area contributed by atoms with Crippen molar-refractivity contribution >= 4 is 5.82 Å². The second-order valence-electron chi connectivity index (χ2n) is 7.00. The summed E-state index contributed by atoms with van der Waals surface area (Å²) in [7, 11) is 0. The number of ether oxygens (including phenoxy) is 1. The maximum Gasteiger partial charge on any atom is 0.230 e. The summed E-state index contributed by atoms with van der Waals surface area (Å²) in [6.45, 7) is 4.34. The summed E-state index contributed by atoms with van der Waals surface area (Å²) in [5.41, 5.74) is 0.889. The molecular weight excluding hydrogens is 320 g/mol. The Morgan fingerprint density at radius 3 is 3.08 bits per heavy atom. The molecule has 2 fully saturated rings. The van der Waals surface area contributed by atoms with Gasteiger partial charge in [0.1, 0.15) is 5.82 Å². The Kier molecular flexibility index (Phi) is 4.67. The fraction of sp³-hybridized carbons (Fsp3) is 0.611. The monoisotopic (exact) mass is 344 g/mol. The fourth-order valence-corrected chi connectivity index (χ4v) is 3.63. The minimum atomic E-state index is -0.286. The van der Waals surface area contributed by atoms with E-state index in [-0.39, 0.29) is 18.1 Å². The molecule has 0 saturated carbocycles. The minimum absolute atomic E-state index is 0.229. The first kappa shape index (κ1) is 16.5. The Bertz CT molecular complexity index is 720. The zero-order chi connectivity index (χ0) is 17.2. The maximum atomic E-state index is 9.88. The largest absolute Gasteiger partial charge is 0.391 e. The molecule has 0 bridgehead atoms. The summed E-state index contributed by atoms with van der Waals surface area (Å²) in [5, 5.41) is 14.0. The number of aliphatic hydroxyl groups is 1. The van der Waals surface area contributed by atoms with Gasteiger partial charge in [-0.1, -0.05) is 5.16 Å². The number of anilines is 1. The molecule has 0 aromatic carbocycles. The molecule has 0 radical (unpaired) electrons. The summed E-state index contributed by atoms with van der Waals surface area (Å²) in [4.78, 5) is 11.2. The van der Waals surface area contributed by atoms with E-state index in [0.29, 0.717) is 18.3 Å². The molecule has 4 heterocycles. The third kappa shape index (κ3) is 3.67. The average molecular weight is 344 g/mol. The Morgan fingerprint density at radius 1 is 1.32 bits per heavy atom. The first-order valence-electron chi connectivity index (χ1n) is 9.03. The highest BCUT2D eigenvalue weighted by atomic mass is 16.5. The fourth-order valence-electron chi connectivity index (χ4n) is 3.63. The van der Waals surface area contributed by atoms with Gasteiger partial charge in [0, 0.05) is 37.4 Å². The van der Waals surface area contributed by atoms with Gasteiger partial charge in [-0.2, -0.15) is 4.98 Å². The van der Waals surface area contributed by atoms with Gasteiger partial charge in [-0.15, -0.1) is 0 Å². The highest BCUT2D eigenvalue weighted by molar-refractivity contribution is 5.59. The average Bonchev–Trinajstić information content (AvgIpc) is 3.12. The minimum Gasteiger partial charge on any atom is -0.391 e. The normalized spacial score (nSPS) is 27.4. The molecule has 2 aliphatic heterocycles. The maximum absolute atomic E-state index is 9.88. The second-order valence-corrected chi connectivity index (χ2v) is 7.00. The van der Waals surface area contributed by atoms with E-state index in [1.807, 2.05) is 12.1 Å². The van der Waals surface area contributed by atoms with Gasteiger partial charge >= 0.3 is 0 Å². The molecular formula is C18H24N4O3. The topological polar surface area (TPSA) is 84.5 Å². The number of piperidine rings is 1. The molecule has 4 rings (SSSR count). The van der Waals surface area contributed by atoms with Crippen LogP contribution in [0.15, 0.2) is 22.9 Å². The van der Waals surface area contributed by atoms with Crippen LogP contribution in [-0.2, 0) is 4.74 Å². The van der Waals surface area contributed by atoms with Crippen molar-refractivity contribution in [3.05, 3.63) is 24.2 Å². The molecule has 7 nitrogen and oxygen atoms in total. The Morgan fingerprint density at radius 2 is 2.24 bits per heavy atom. The Hall–Kier alpha value is -1.99. The Balaban J connectivity index is 1.53. The second kappa shape index (κ2) is 7.09. The quantitative estimate of drug-likeness (QED) is 0.915. The lowest BCUT2D eigenvalue weighted by atomic mass is 9.96. The zero-order valence-electron chi connectivity index (χ0n) is 14.5. The predicted molar refractivity (Wildman–Crippen MR) is 92.4 cm³/mol. The summed E-state index contributed by atoms with van der Waals surface area (Å²) >= 11 is 0. The number of pyridine rings is 1. The third-order valence-corrected chi connectivity index (χ3v) is 5.00. The van der Waals surface area contributed by atoms with Crippen molar-refractivity contribution in [2.75, 3.05) is 24.6 Å². The van der Waals surface area contributed by atoms with Crippen LogP contribution in [0.3, 0.4) is 0 Å². The molecule has 2 aromatic heterocycles. The van der Waals surface area contributed by atoms with Crippen molar-refractivity contribution in [2.24, 2.45) is 0 Å². The standard InChI is InChI=1S/C18H24N4O3/c1-12-9-14(5-8-24-12)18-20-17(21-25-18)13-4-6-19-16(10-13)22-7-2-3-15(23)11-22/h4,6,10,12,14-15,23H,2-3,5,7-9,11H2,1H3. The molecule has 3 atom stereocenters. The van der Waals surface area contributed by atoms with Crippen LogP contribution in [0.5, 0.6) is 0 Å². The summed E-state index contributed by atoms with van der Waals surface area (Å²) in [5.74, 6) is 2.40. The molecule has 3 unspecified atom stereocenters. The lowest BCUT2D eigenvalue weighted by molar-refractivity contribution is 0.0134. The van der Waals surface area contributed by atoms with E-state index in [9.17, 15) is 5.11 Å². The third-order valence-electron chi connectivity index (χ3n) is 5.00. The van der Waals surface area contributed by atoms with E-state index < -0.39 is 0 Å². The summed E-state index contributed by atoms with van der Waals surface area (Å²) in [6, 6.07) is 3.87. The lowest BCUT2D eigenvalue weighted by Gasteiger charge is -2.31. The number of rotatable bonds is 3. The molecule has 7 heteroatoms. The zero-order valence-corrected chi connectivity index (χ0v) is 14.5. The molecule has 134 valence electrons. The number of aromatic nitrogens is 3. The van der Waals surface area contributed by atoms with Crippen LogP contribution in [0.2, 0.25) is 0 Å². The lowest BCUT2D eigenvalue weighted by Crippen LogP contribution is -2.38. The van der Waals surface area contributed by atoms with Crippen molar-refractivity contribution in [1.82, 2.24) is 15.1 Å². The summed E-state index contributed by atoms with van der Waals surface area (Å²) < 4.78 is 11.1. The SMILES string of the molecule is CC1CC(c2nc(-c3ccnc(N4CCCC(O)C4)c3)no2)CCO1. The van der Waals surface area contributed by atoms with Gasteiger partial charge in [-0.25, -0.2) is 4.98 Å². The molecule has 2 saturated heterocycles. The van der Waals surface area contributed by atoms with Gasteiger partial charge in [-0.3, -0.25) is 0 Å². The van der Waals surface area contributed by atoms with E-state index >= 15 is 0 Å². The number of aliphatic hydroxyl groups excluding tert-OH is 1.